The molecule has 0 radical (unpaired) electrons. The molecule has 5 heteroatoms. The molecule has 3 aromatic carbocycles. The van der Waals surface area contributed by atoms with Gasteiger partial charge in [0.15, 0.2) is 0 Å². The van der Waals surface area contributed by atoms with Crippen LogP contribution in [0.1, 0.15) is 54.4 Å². The fourth-order valence-electron chi connectivity index (χ4n) is 5.39. The topological polar surface area (TPSA) is 64.3 Å². The molecule has 1 N–H and O–H groups in total. The fraction of sp³-hybridized carbons (Fsp3) is 0.226. The number of carboxylic acids is 1. The van der Waals surface area contributed by atoms with E-state index in [0.29, 0.717) is 17.5 Å². The molecule has 1 aliphatic heterocycles. The lowest BCUT2D eigenvalue weighted by Gasteiger charge is -2.27. The van der Waals surface area contributed by atoms with Crippen LogP contribution in [-0.2, 0) is 4.79 Å². The van der Waals surface area contributed by atoms with Crippen LogP contribution in [0.5, 0.6) is 0 Å². The van der Waals surface area contributed by atoms with Crippen molar-refractivity contribution in [2.75, 3.05) is 10.7 Å². The molecule has 180 valence electrons. The van der Waals surface area contributed by atoms with Gasteiger partial charge in [-0.3, -0.25) is 0 Å². The number of nitrogens with zero attached hydrogens (tertiary/aromatic N) is 2. The van der Waals surface area contributed by atoms with Crippen molar-refractivity contribution in [3.8, 4) is 6.07 Å². The molecule has 0 saturated heterocycles. The number of rotatable bonds is 7. The third kappa shape index (κ3) is 4.82. The normalized spacial score (nSPS) is 18.8. The average Bonchev–Trinajstić information content (AvgIpc) is 3.48. The highest BCUT2D eigenvalue weighted by atomic mass is 32.2. The monoisotopic (exact) mass is 492 g/mol. The molecule has 36 heavy (non-hydrogen) atoms. The van der Waals surface area contributed by atoms with Crippen molar-refractivity contribution in [1.82, 2.24) is 0 Å². The van der Waals surface area contributed by atoms with Gasteiger partial charge < -0.3 is 10.0 Å². The summed E-state index contributed by atoms with van der Waals surface area (Å²) in [6, 6.07) is 25.6. The standard InChI is InChI=1S/C31H28N2O2S/c1-2-36-26-15-13-25(14-16-26)33-29-5-3-4-27(29)28-19-23(12-17-30(28)33)11-8-21-6-9-22(10-7-21)18-24(20-32)31(34)35/h6-19,27,29H,2-5H2,1H3,(H,34,35). The van der Waals surface area contributed by atoms with E-state index in [-0.39, 0.29) is 5.57 Å². The summed E-state index contributed by atoms with van der Waals surface area (Å²) in [5, 5.41) is 18.0. The molecule has 5 rings (SSSR count). The Labute approximate surface area is 216 Å². The average molecular weight is 493 g/mol. The van der Waals surface area contributed by atoms with Gasteiger partial charge in [-0.1, -0.05) is 55.8 Å². The number of thioether (sulfide) groups is 1. The first kappa shape index (κ1) is 24.0. The van der Waals surface area contributed by atoms with E-state index in [1.165, 1.54) is 52.7 Å². The van der Waals surface area contributed by atoms with Crippen molar-refractivity contribution >= 4 is 47.3 Å². The third-order valence-corrected chi connectivity index (χ3v) is 7.91. The minimum atomic E-state index is -1.21. The largest absolute Gasteiger partial charge is 0.477 e. The van der Waals surface area contributed by atoms with Crippen LogP contribution >= 0.6 is 11.8 Å². The molecule has 1 saturated carbocycles. The van der Waals surface area contributed by atoms with Crippen LogP contribution in [0.25, 0.3) is 18.2 Å². The van der Waals surface area contributed by atoms with Gasteiger partial charge in [-0.05, 0) is 83.3 Å². The molecule has 2 aliphatic rings. The molecule has 1 fully saturated rings. The smallest absolute Gasteiger partial charge is 0.346 e. The van der Waals surface area contributed by atoms with E-state index in [1.54, 1.807) is 6.07 Å². The number of carbonyl (C=O) groups is 1. The van der Waals surface area contributed by atoms with Crippen LogP contribution in [-0.4, -0.2) is 22.9 Å². The third-order valence-electron chi connectivity index (χ3n) is 7.01. The molecular weight excluding hydrogens is 464 g/mol. The summed E-state index contributed by atoms with van der Waals surface area (Å²) < 4.78 is 0. The van der Waals surface area contributed by atoms with Gasteiger partial charge in [0.1, 0.15) is 11.6 Å². The second-order valence-corrected chi connectivity index (χ2v) is 10.5. The minimum absolute atomic E-state index is 0.272. The quantitative estimate of drug-likeness (QED) is 0.158. The van der Waals surface area contributed by atoms with Gasteiger partial charge in [-0.25, -0.2) is 4.79 Å². The number of hydrogen-bond donors (Lipinski definition) is 1. The summed E-state index contributed by atoms with van der Waals surface area (Å²) in [6.07, 6.45) is 9.32. The van der Waals surface area contributed by atoms with Crippen LogP contribution in [0.2, 0.25) is 0 Å². The highest BCUT2D eigenvalue weighted by Gasteiger charge is 2.41. The molecule has 0 amide bonds. The van der Waals surface area contributed by atoms with Gasteiger partial charge in [0, 0.05) is 28.2 Å². The molecule has 0 bridgehead atoms. The maximum absolute atomic E-state index is 11.0. The van der Waals surface area contributed by atoms with Gasteiger partial charge in [-0.2, -0.15) is 5.26 Å². The molecular formula is C31H28N2O2S. The zero-order chi connectivity index (χ0) is 25.1. The number of aliphatic carboxylic acids is 1. The summed E-state index contributed by atoms with van der Waals surface area (Å²) in [5.41, 5.74) is 6.68. The highest BCUT2D eigenvalue weighted by molar-refractivity contribution is 7.99. The number of hydrogen-bond acceptors (Lipinski definition) is 4. The number of benzene rings is 3. The Balaban J connectivity index is 1.37. The first-order chi connectivity index (χ1) is 17.6. The molecule has 3 aromatic rings. The zero-order valence-electron chi connectivity index (χ0n) is 20.2. The fourth-order valence-corrected chi connectivity index (χ4v) is 6.05. The van der Waals surface area contributed by atoms with Gasteiger partial charge in [-0.15, -0.1) is 11.8 Å². The van der Waals surface area contributed by atoms with Crippen molar-refractivity contribution < 1.29 is 9.90 Å². The van der Waals surface area contributed by atoms with Gasteiger partial charge >= 0.3 is 5.97 Å². The lowest BCUT2D eigenvalue weighted by molar-refractivity contribution is -0.132. The van der Waals surface area contributed by atoms with Crippen molar-refractivity contribution in [3.63, 3.8) is 0 Å². The zero-order valence-corrected chi connectivity index (χ0v) is 21.0. The summed E-state index contributed by atoms with van der Waals surface area (Å²) in [6.45, 7) is 2.19. The molecule has 2 atom stereocenters. The van der Waals surface area contributed by atoms with Crippen LogP contribution in [0.3, 0.4) is 0 Å². The summed E-state index contributed by atoms with van der Waals surface area (Å²) in [4.78, 5) is 14.9. The molecule has 2 unspecified atom stereocenters. The SMILES string of the molecule is CCSc1ccc(N2c3ccc(C=Cc4ccc(C=C(C#N)C(=O)O)cc4)cc3C3CCCC32)cc1. The first-order valence-corrected chi connectivity index (χ1v) is 13.3. The van der Waals surface area contributed by atoms with E-state index in [1.807, 2.05) is 36.0 Å². The Morgan fingerprint density at radius 1 is 1.03 bits per heavy atom. The van der Waals surface area contributed by atoms with Gasteiger partial charge in [0.05, 0.1) is 0 Å². The minimum Gasteiger partial charge on any atom is -0.477 e. The molecule has 0 spiro atoms. The van der Waals surface area contributed by atoms with Crippen LogP contribution in [0.15, 0.2) is 77.2 Å². The van der Waals surface area contributed by atoms with Crippen molar-refractivity contribution in [2.45, 2.75) is 43.0 Å². The summed E-state index contributed by atoms with van der Waals surface area (Å²) in [7, 11) is 0. The summed E-state index contributed by atoms with van der Waals surface area (Å²) in [5.74, 6) is 0.447. The Hall–Kier alpha value is -3.75. The van der Waals surface area contributed by atoms with E-state index in [4.69, 9.17) is 10.4 Å². The highest BCUT2D eigenvalue weighted by Crippen LogP contribution is 2.52. The number of nitriles is 1. The summed E-state index contributed by atoms with van der Waals surface area (Å²) >= 11 is 1.88. The lowest BCUT2D eigenvalue weighted by Crippen LogP contribution is -2.26. The number of carboxylic acid groups (broad SMARTS) is 1. The second-order valence-electron chi connectivity index (χ2n) is 9.19. The van der Waals surface area contributed by atoms with Crippen LogP contribution < -0.4 is 4.90 Å². The van der Waals surface area contributed by atoms with Crippen molar-refractivity contribution in [2.24, 2.45) is 0 Å². The Morgan fingerprint density at radius 2 is 1.72 bits per heavy atom. The number of fused-ring (bicyclic) bond motifs is 3. The Kier molecular flexibility index (Phi) is 6.97. The predicted octanol–water partition coefficient (Wildman–Crippen LogP) is 7.75. The van der Waals surface area contributed by atoms with E-state index in [2.05, 4.69) is 66.4 Å². The van der Waals surface area contributed by atoms with Crippen molar-refractivity contribution in [3.05, 3.63) is 94.6 Å². The van der Waals surface area contributed by atoms with Crippen LogP contribution in [0, 0.1) is 11.3 Å². The van der Waals surface area contributed by atoms with E-state index < -0.39 is 5.97 Å². The van der Waals surface area contributed by atoms with Crippen molar-refractivity contribution in [1.29, 1.82) is 5.26 Å². The van der Waals surface area contributed by atoms with Crippen LogP contribution in [0.4, 0.5) is 11.4 Å². The Morgan fingerprint density at radius 3 is 2.42 bits per heavy atom. The maximum atomic E-state index is 11.0. The Bertz CT molecular complexity index is 1370. The molecule has 1 aliphatic carbocycles. The lowest BCUT2D eigenvalue weighted by atomic mass is 9.95. The van der Waals surface area contributed by atoms with Gasteiger partial charge in [0.25, 0.3) is 0 Å². The second kappa shape index (κ2) is 10.5. The molecule has 0 aromatic heterocycles. The first-order valence-electron chi connectivity index (χ1n) is 12.4. The molecule has 4 nitrogen and oxygen atoms in total. The predicted molar refractivity (Wildman–Crippen MR) is 148 cm³/mol. The number of anilines is 2. The molecule has 1 heterocycles. The van der Waals surface area contributed by atoms with E-state index in [0.717, 1.165) is 11.3 Å². The maximum Gasteiger partial charge on any atom is 0.346 e. The van der Waals surface area contributed by atoms with Gasteiger partial charge in [0.2, 0.25) is 0 Å². The van der Waals surface area contributed by atoms with E-state index >= 15 is 0 Å². The van der Waals surface area contributed by atoms with E-state index in [9.17, 15) is 4.79 Å².